The number of amides is 1. The molecule has 2 aliphatic heterocycles. The summed E-state index contributed by atoms with van der Waals surface area (Å²) in [6, 6.07) is 13.9. The largest absolute Gasteiger partial charge is 0.338 e. The van der Waals surface area contributed by atoms with Crippen molar-refractivity contribution in [2.45, 2.75) is 30.6 Å². The number of nitrogens with zero attached hydrogens (tertiary/aromatic N) is 5. The van der Waals surface area contributed by atoms with E-state index in [-0.39, 0.29) is 29.7 Å². The molecule has 2 aromatic heterocycles. The lowest BCUT2D eigenvalue weighted by Gasteiger charge is -2.29. The monoisotopic (exact) mass is 461 g/mol. The molecule has 0 saturated heterocycles. The van der Waals surface area contributed by atoms with Crippen LogP contribution in [0.15, 0.2) is 64.7 Å². The van der Waals surface area contributed by atoms with E-state index in [1.165, 1.54) is 41.2 Å². The predicted octanol–water partition coefficient (Wildman–Crippen LogP) is 3.34. The van der Waals surface area contributed by atoms with Gasteiger partial charge in [0.2, 0.25) is 5.91 Å². The summed E-state index contributed by atoms with van der Waals surface area (Å²) in [7, 11) is 0. The topological polar surface area (TPSA) is 73.0 Å². The maximum absolute atomic E-state index is 13.3. The van der Waals surface area contributed by atoms with E-state index in [9.17, 15) is 14.0 Å². The Kier molecular flexibility index (Phi) is 4.79. The first-order valence-corrected chi connectivity index (χ1v) is 11.8. The number of rotatable bonds is 3. The first-order chi connectivity index (χ1) is 16.1. The quantitative estimate of drug-likeness (QED) is 0.438. The second-order valence-electron chi connectivity index (χ2n) is 8.34. The van der Waals surface area contributed by atoms with Gasteiger partial charge < -0.3 is 4.90 Å². The molecular weight excluding hydrogens is 441 g/mol. The highest BCUT2D eigenvalue weighted by Crippen LogP contribution is 2.34. The Morgan fingerprint density at radius 1 is 1.12 bits per heavy atom. The second kappa shape index (κ2) is 7.84. The zero-order valence-corrected chi connectivity index (χ0v) is 18.5. The molecule has 9 heteroatoms. The van der Waals surface area contributed by atoms with Crippen LogP contribution in [0.2, 0.25) is 0 Å². The van der Waals surface area contributed by atoms with E-state index in [0.717, 1.165) is 6.42 Å². The van der Waals surface area contributed by atoms with E-state index in [1.807, 2.05) is 17.0 Å². The van der Waals surface area contributed by atoms with Crippen LogP contribution in [0, 0.1) is 5.82 Å². The molecule has 0 aliphatic carbocycles. The summed E-state index contributed by atoms with van der Waals surface area (Å²) in [4.78, 5) is 33.0. The van der Waals surface area contributed by atoms with Crippen molar-refractivity contribution in [2.75, 3.05) is 12.3 Å². The normalized spacial score (nSPS) is 17.2. The van der Waals surface area contributed by atoms with Gasteiger partial charge in [-0.2, -0.15) is 5.10 Å². The van der Waals surface area contributed by atoms with Gasteiger partial charge in [-0.15, -0.1) is 0 Å². The molecule has 0 spiro atoms. The van der Waals surface area contributed by atoms with Gasteiger partial charge in [0.1, 0.15) is 11.2 Å². The average molecular weight is 462 g/mol. The van der Waals surface area contributed by atoms with Crippen LogP contribution in [0.1, 0.15) is 23.6 Å². The standard InChI is InChI=1S/C24H20FN5O2S/c25-17-5-7-18(8-6-17)30-22-20(12-26-30)23(32)29-19(14-33-24(29)27-22)11-21(31)28-10-9-15-3-1-2-4-16(15)13-28/h1-8,12,19H,9-11,13-14H2. The summed E-state index contributed by atoms with van der Waals surface area (Å²) in [5.41, 5.74) is 3.35. The van der Waals surface area contributed by atoms with Crippen LogP contribution in [0.5, 0.6) is 0 Å². The van der Waals surface area contributed by atoms with Crippen LogP contribution in [-0.2, 0) is 17.8 Å². The molecule has 0 bridgehead atoms. The van der Waals surface area contributed by atoms with E-state index in [0.29, 0.717) is 40.7 Å². The van der Waals surface area contributed by atoms with Crippen molar-refractivity contribution >= 4 is 28.7 Å². The fraction of sp³-hybridized carbons (Fsp3) is 0.250. The van der Waals surface area contributed by atoms with Crippen molar-refractivity contribution < 1.29 is 9.18 Å². The van der Waals surface area contributed by atoms with Crippen molar-refractivity contribution in [3.8, 4) is 5.69 Å². The highest BCUT2D eigenvalue weighted by Gasteiger charge is 2.31. The summed E-state index contributed by atoms with van der Waals surface area (Å²) in [6.07, 6.45) is 2.61. The molecule has 1 amide bonds. The van der Waals surface area contributed by atoms with Gasteiger partial charge >= 0.3 is 0 Å². The molecule has 0 fully saturated rings. The number of hydrogen-bond donors (Lipinski definition) is 0. The Hall–Kier alpha value is -3.46. The van der Waals surface area contributed by atoms with Gasteiger partial charge in [0, 0.05) is 25.3 Å². The van der Waals surface area contributed by atoms with Crippen LogP contribution >= 0.6 is 11.8 Å². The minimum Gasteiger partial charge on any atom is -0.338 e. The average Bonchev–Trinajstić information content (AvgIpc) is 3.44. The van der Waals surface area contributed by atoms with Crippen LogP contribution in [0.25, 0.3) is 16.7 Å². The van der Waals surface area contributed by atoms with E-state index in [2.05, 4.69) is 22.2 Å². The smallest absolute Gasteiger partial charge is 0.265 e. The summed E-state index contributed by atoms with van der Waals surface area (Å²) in [5, 5.41) is 5.28. The van der Waals surface area contributed by atoms with Crippen molar-refractivity contribution in [1.29, 1.82) is 0 Å². The highest BCUT2D eigenvalue weighted by atomic mass is 32.2. The van der Waals surface area contributed by atoms with Crippen LogP contribution < -0.4 is 5.56 Å². The van der Waals surface area contributed by atoms with Gasteiger partial charge in [0.15, 0.2) is 10.8 Å². The SMILES string of the molecule is O=C(CC1CSc2nc3c(cnn3-c3ccc(F)cc3)c(=O)n21)N1CCc2ccccc2C1. The zero-order chi connectivity index (χ0) is 22.5. The van der Waals surface area contributed by atoms with E-state index in [1.54, 1.807) is 21.4 Å². The minimum atomic E-state index is -0.343. The Balaban J connectivity index is 1.28. The predicted molar refractivity (Wildman–Crippen MR) is 123 cm³/mol. The molecule has 1 unspecified atom stereocenters. The molecule has 1 atom stereocenters. The molecular formula is C24H20FN5O2S. The Morgan fingerprint density at radius 2 is 1.91 bits per heavy atom. The maximum atomic E-state index is 13.3. The molecule has 2 aliphatic rings. The van der Waals surface area contributed by atoms with Gasteiger partial charge in [-0.25, -0.2) is 14.1 Å². The fourth-order valence-corrected chi connectivity index (χ4v) is 5.72. The maximum Gasteiger partial charge on any atom is 0.265 e. The lowest BCUT2D eigenvalue weighted by Crippen LogP contribution is -2.38. The molecule has 166 valence electrons. The van der Waals surface area contributed by atoms with Crippen molar-refractivity contribution in [1.82, 2.24) is 24.2 Å². The molecule has 0 saturated carbocycles. The number of thioether (sulfide) groups is 1. The van der Waals surface area contributed by atoms with E-state index < -0.39 is 0 Å². The number of benzene rings is 2. The third kappa shape index (κ3) is 3.43. The van der Waals surface area contributed by atoms with Crippen LogP contribution in [0.4, 0.5) is 4.39 Å². The van der Waals surface area contributed by atoms with Crippen molar-refractivity contribution in [3.05, 3.63) is 82.0 Å². The summed E-state index contributed by atoms with van der Waals surface area (Å²) in [5.74, 6) is 0.330. The Morgan fingerprint density at radius 3 is 2.73 bits per heavy atom. The molecule has 6 rings (SSSR count). The van der Waals surface area contributed by atoms with Gasteiger partial charge in [0.05, 0.1) is 17.9 Å². The van der Waals surface area contributed by atoms with Gasteiger partial charge in [-0.1, -0.05) is 36.0 Å². The number of halogens is 1. The van der Waals surface area contributed by atoms with E-state index in [4.69, 9.17) is 0 Å². The van der Waals surface area contributed by atoms with Crippen molar-refractivity contribution in [2.24, 2.45) is 0 Å². The summed E-state index contributed by atoms with van der Waals surface area (Å²) >= 11 is 1.47. The molecule has 2 aromatic carbocycles. The molecule has 4 aromatic rings. The Labute approximate surface area is 192 Å². The third-order valence-corrected chi connectivity index (χ3v) is 7.43. The zero-order valence-electron chi connectivity index (χ0n) is 17.6. The van der Waals surface area contributed by atoms with E-state index >= 15 is 0 Å². The number of carbonyl (C=O) groups is 1. The Bertz CT molecular complexity index is 1450. The third-order valence-electron chi connectivity index (χ3n) is 6.34. The number of aromatic nitrogens is 4. The minimum absolute atomic E-state index is 0.0527. The van der Waals surface area contributed by atoms with Crippen molar-refractivity contribution in [3.63, 3.8) is 0 Å². The molecule has 4 heterocycles. The van der Waals surface area contributed by atoms with Crippen LogP contribution in [-0.4, -0.2) is 42.4 Å². The molecule has 0 radical (unpaired) electrons. The number of hydrogen-bond acceptors (Lipinski definition) is 5. The van der Waals surface area contributed by atoms with Gasteiger partial charge in [0.25, 0.3) is 5.56 Å². The molecule has 0 N–H and O–H groups in total. The number of fused-ring (bicyclic) bond motifs is 3. The molecule has 7 nitrogen and oxygen atoms in total. The molecule has 33 heavy (non-hydrogen) atoms. The lowest BCUT2D eigenvalue weighted by atomic mass is 9.99. The lowest BCUT2D eigenvalue weighted by molar-refractivity contribution is -0.132. The highest BCUT2D eigenvalue weighted by molar-refractivity contribution is 7.99. The first-order valence-electron chi connectivity index (χ1n) is 10.8. The summed E-state index contributed by atoms with van der Waals surface area (Å²) < 4.78 is 16.5. The second-order valence-corrected chi connectivity index (χ2v) is 9.33. The van der Waals surface area contributed by atoms with Gasteiger partial charge in [-0.3, -0.25) is 14.2 Å². The van der Waals surface area contributed by atoms with Gasteiger partial charge in [-0.05, 0) is 41.8 Å². The summed E-state index contributed by atoms with van der Waals surface area (Å²) in [6.45, 7) is 1.30. The number of carbonyl (C=O) groups excluding carboxylic acids is 1. The fourth-order valence-electron chi connectivity index (χ4n) is 4.59. The first kappa shape index (κ1) is 20.2. The van der Waals surface area contributed by atoms with Crippen LogP contribution in [0.3, 0.4) is 0 Å².